The largest absolute Gasteiger partial charge is 0.494 e. The smallest absolute Gasteiger partial charge is 0.255 e. The SMILES string of the molecule is CCOc1cc(N)cc(C(=O)Nc2cc(Cl)ccc2C)c1. The highest BCUT2D eigenvalue weighted by atomic mass is 35.5. The molecule has 110 valence electrons. The Morgan fingerprint density at radius 2 is 2.05 bits per heavy atom. The molecule has 0 saturated heterocycles. The Balaban J connectivity index is 2.25. The first-order valence-corrected chi connectivity index (χ1v) is 6.98. The summed E-state index contributed by atoms with van der Waals surface area (Å²) in [5, 5.41) is 3.40. The lowest BCUT2D eigenvalue weighted by atomic mass is 10.1. The zero-order chi connectivity index (χ0) is 15.4. The van der Waals surface area contributed by atoms with Crippen molar-refractivity contribution in [3.63, 3.8) is 0 Å². The summed E-state index contributed by atoms with van der Waals surface area (Å²) in [5.41, 5.74) is 8.32. The summed E-state index contributed by atoms with van der Waals surface area (Å²) >= 11 is 5.95. The van der Waals surface area contributed by atoms with Gasteiger partial charge in [0.2, 0.25) is 0 Å². The van der Waals surface area contributed by atoms with Gasteiger partial charge >= 0.3 is 0 Å². The summed E-state index contributed by atoms with van der Waals surface area (Å²) in [7, 11) is 0. The van der Waals surface area contributed by atoms with Gasteiger partial charge in [-0.2, -0.15) is 0 Å². The molecule has 0 saturated carbocycles. The number of anilines is 2. The molecule has 0 radical (unpaired) electrons. The number of benzene rings is 2. The molecule has 5 heteroatoms. The van der Waals surface area contributed by atoms with Gasteiger partial charge in [-0.3, -0.25) is 4.79 Å². The summed E-state index contributed by atoms with van der Waals surface area (Å²) < 4.78 is 5.39. The van der Waals surface area contributed by atoms with Gasteiger partial charge in [0.15, 0.2) is 0 Å². The molecule has 0 aliphatic carbocycles. The second-order valence-electron chi connectivity index (χ2n) is 4.64. The number of hydrogen-bond acceptors (Lipinski definition) is 3. The Morgan fingerprint density at radius 1 is 1.29 bits per heavy atom. The first-order valence-electron chi connectivity index (χ1n) is 6.60. The zero-order valence-electron chi connectivity index (χ0n) is 11.9. The van der Waals surface area contributed by atoms with Gasteiger partial charge in [-0.15, -0.1) is 0 Å². The lowest BCUT2D eigenvalue weighted by molar-refractivity contribution is 0.102. The van der Waals surface area contributed by atoms with Gasteiger partial charge in [-0.05, 0) is 43.7 Å². The van der Waals surface area contributed by atoms with Crippen molar-refractivity contribution in [1.82, 2.24) is 0 Å². The van der Waals surface area contributed by atoms with E-state index in [-0.39, 0.29) is 5.91 Å². The van der Waals surface area contributed by atoms with Crippen LogP contribution in [0.1, 0.15) is 22.8 Å². The Hall–Kier alpha value is -2.20. The minimum Gasteiger partial charge on any atom is -0.494 e. The summed E-state index contributed by atoms with van der Waals surface area (Å²) in [4.78, 5) is 12.3. The highest BCUT2D eigenvalue weighted by molar-refractivity contribution is 6.31. The van der Waals surface area contributed by atoms with Crippen LogP contribution < -0.4 is 15.8 Å². The third-order valence-electron chi connectivity index (χ3n) is 2.95. The van der Waals surface area contributed by atoms with E-state index >= 15 is 0 Å². The number of nitrogen functional groups attached to an aromatic ring is 1. The molecule has 0 aliphatic rings. The quantitative estimate of drug-likeness (QED) is 0.842. The number of rotatable bonds is 4. The second kappa shape index (κ2) is 6.50. The number of amides is 1. The molecule has 4 nitrogen and oxygen atoms in total. The van der Waals surface area contributed by atoms with Gasteiger partial charge in [0, 0.05) is 28.0 Å². The van der Waals surface area contributed by atoms with Crippen molar-refractivity contribution in [3.05, 3.63) is 52.5 Å². The van der Waals surface area contributed by atoms with Crippen molar-refractivity contribution in [2.24, 2.45) is 0 Å². The van der Waals surface area contributed by atoms with E-state index in [1.165, 1.54) is 0 Å². The van der Waals surface area contributed by atoms with Crippen LogP contribution in [0.15, 0.2) is 36.4 Å². The van der Waals surface area contributed by atoms with E-state index < -0.39 is 0 Å². The van der Waals surface area contributed by atoms with Crippen molar-refractivity contribution >= 4 is 28.9 Å². The van der Waals surface area contributed by atoms with Crippen molar-refractivity contribution in [3.8, 4) is 5.75 Å². The Bertz CT molecular complexity index is 671. The highest BCUT2D eigenvalue weighted by Crippen LogP contribution is 2.23. The predicted molar refractivity (Wildman–Crippen MR) is 86.2 cm³/mol. The molecule has 0 aromatic heterocycles. The average molecular weight is 305 g/mol. The standard InChI is InChI=1S/C16H17ClN2O2/c1-3-21-14-7-11(6-13(18)9-14)16(20)19-15-8-12(17)5-4-10(15)2/h4-9H,3,18H2,1-2H3,(H,19,20). The lowest BCUT2D eigenvalue weighted by Crippen LogP contribution is -2.13. The molecule has 3 N–H and O–H groups in total. The monoisotopic (exact) mass is 304 g/mol. The topological polar surface area (TPSA) is 64.3 Å². The van der Waals surface area contributed by atoms with Crippen LogP contribution in [0.4, 0.5) is 11.4 Å². The van der Waals surface area contributed by atoms with Crippen LogP contribution in [0, 0.1) is 6.92 Å². The molecule has 2 aromatic carbocycles. The average Bonchev–Trinajstić information content (AvgIpc) is 2.42. The number of nitrogens with one attached hydrogen (secondary N) is 1. The molecule has 2 rings (SSSR count). The lowest BCUT2D eigenvalue weighted by Gasteiger charge is -2.11. The maximum absolute atomic E-state index is 12.3. The fourth-order valence-electron chi connectivity index (χ4n) is 1.93. The van der Waals surface area contributed by atoms with E-state index in [1.807, 2.05) is 19.9 Å². The Morgan fingerprint density at radius 3 is 2.76 bits per heavy atom. The third kappa shape index (κ3) is 3.89. The molecule has 21 heavy (non-hydrogen) atoms. The van der Waals surface area contributed by atoms with Crippen LogP contribution in [0.25, 0.3) is 0 Å². The number of aryl methyl sites for hydroxylation is 1. The number of carbonyl (C=O) groups excluding carboxylic acids is 1. The number of halogens is 1. The fourth-order valence-corrected chi connectivity index (χ4v) is 2.10. The van der Waals surface area contributed by atoms with Gasteiger partial charge in [-0.1, -0.05) is 17.7 Å². The van der Waals surface area contributed by atoms with Crippen LogP contribution in [-0.4, -0.2) is 12.5 Å². The van der Waals surface area contributed by atoms with E-state index in [2.05, 4.69) is 5.32 Å². The predicted octanol–water partition coefficient (Wildman–Crippen LogP) is 3.88. The summed E-state index contributed by atoms with van der Waals surface area (Å²) in [6.45, 7) is 4.28. The number of nitrogens with two attached hydrogens (primary N) is 1. The molecular weight excluding hydrogens is 288 g/mol. The van der Waals surface area contributed by atoms with Crippen LogP contribution in [-0.2, 0) is 0 Å². The minimum atomic E-state index is -0.256. The van der Waals surface area contributed by atoms with Gasteiger partial charge in [0.1, 0.15) is 5.75 Å². The van der Waals surface area contributed by atoms with E-state index in [0.29, 0.717) is 34.3 Å². The van der Waals surface area contributed by atoms with Crippen LogP contribution in [0.2, 0.25) is 5.02 Å². The maximum atomic E-state index is 12.3. The summed E-state index contributed by atoms with van der Waals surface area (Å²) in [6.07, 6.45) is 0. The molecule has 0 atom stereocenters. The van der Waals surface area contributed by atoms with Crippen molar-refractivity contribution in [1.29, 1.82) is 0 Å². The minimum absolute atomic E-state index is 0.256. The third-order valence-corrected chi connectivity index (χ3v) is 3.18. The van der Waals surface area contributed by atoms with E-state index in [9.17, 15) is 4.79 Å². The molecule has 0 spiro atoms. The molecule has 0 fully saturated rings. The molecule has 0 aliphatic heterocycles. The summed E-state index contributed by atoms with van der Waals surface area (Å²) in [6, 6.07) is 10.3. The van der Waals surface area contributed by atoms with Crippen LogP contribution in [0.3, 0.4) is 0 Å². The molecular formula is C16H17ClN2O2. The molecule has 2 aromatic rings. The van der Waals surface area contributed by atoms with Gasteiger partial charge in [-0.25, -0.2) is 0 Å². The fraction of sp³-hybridized carbons (Fsp3) is 0.188. The molecule has 0 unspecified atom stereocenters. The van der Waals surface area contributed by atoms with E-state index in [1.54, 1.807) is 30.3 Å². The number of ether oxygens (including phenoxy) is 1. The van der Waals surface area contributed by atoms with Gasteiger partial charge < -0.3 is 15.8 Å². The van der Waals surface area contributed by atoms with E-state index in [0.717, 1.165) is 5.56 Å². The number of carbonyl (C=O) groups is 1. The second-order valence-corrected chi connectivity index (χ2v) is 5.07. The van der Waals surface area contributed by atoms with Gasteiger partial charge in [0.05, 0.1) is 6.61 Å². The molecule has 0 bridgehead atoms. The van der Waals surface area contributed by atoms with Crippen molar-refractivity contribution < 1.29 is 9.53 Å². The van der Waals surface area contributed by atoms with Gasteiger partial charge in [0.25, 0.3) is 5.91 Å². The summed E-state index contributed by atoms with van der Waals surface area (Å²) in [5.74, 6) is 0.319. The van der Waals surface area contributed by atoms with Crippen LogP contribution in [0.5, 0.6) is 5.75 Å². The first-order chi connectivity index (χ1) is 9.99. The number of hydrogen-bond donors (Lipinski definition) is 2. The van der Waals surface area contributed by atoms with Crippen molar-refractivity contribution in [2.75, 3.05) is 17.7 Å². The Kier molecular flexibility index (Phi) is 4.70. The zero-order valence-corrected chi connectivity index (χ0v) is 12.7. The van der Waals surface area contributed by atoms with Crippen molar-refractivity contribution in [2.45, 2.75) is 13.8 Å². The Labute approximate surface area is 128 Å². The molecule has 1 amide bonds. The first kappa shape index (κ1) is 15.2. The maximum Gasteiger partial charge on any atom is 0.255 e. The van der Waals surface area contributed by atoms with Crippen LogP contribution >= 0.6 is 11.6 Å². The molecule has 0 heterocycles. The van der Waals surface area contributed by atoms with E-state index in [4.69, 9.17) is 22.1 Å². The normalized spacial score (nSPS) is 10.2. The highest BCUT2D eigenvalue weighted by Gasteiger charge is 2.10.